The Morgan fingerprint density at radius 2 is 2.33 bits per heavy atom. The molecule has 1 unspecified atom stereocenters. The second kappa shape index (κ2) is 4.40. The summed E-state index contributed by atoms with van der Waals surface area (Å²) in [5.74, 6) is -0.180. The fraction of sp³-hybridized carbons (Fsp3) is 0.455. The number of aromatic nitrogens is 1. The number of anilines is 1. The lowest BCUT2D eigenvalue weighted by Crippen LogP contribution is -2.47. The van der Waals surface area contributed by atoms with Crippen LogP contribution in [0.2, 0.25) is 0 Å². The van der Waals surface area contributed by atoms with E-state index in [0.29, 0.717) is 12.1 Å². The zero-order valence-electron chi connectivity index (χ0n) is 9.37. The zero-order chi connectivity index (χ0) is 11.5. The van der Waals surface area contributed by atoms with Crippen LogP contribution in [0.25, 0.3) is 0 Å². The van der Waals surface area contributed by atoms with Crippen molar-refractivity contribution in [1.29, 1.82) is 0 Å². The van der Waals surface area contributed by atoms with Crippen molar-refractivity contribution in [3.8, 4) is 0 Å². The summed E-state index contributed by atoms with van der Waals surface area (Å²) < 4.78 is 0. The van der Waals surface area contributed by atoms with Crippen LogP contribution in [0.3, 0.4) is 0 Å². The summed E-state index contributed by atoms with van der Waals surface area (Å²) in [6.07, 6.45) is 2.28. The summed E-state index contributed by atoms with van der Waals surface area (Å²) in [6.45, 7) is 5.44. The molecule has 0 aliphatic carbocycles. The van der Waals surface area contributed by atoms with Crippen LogP contribution in [0, 0.1) is 6.92 Å². The maximum Gasteiger partial charge on any atom is 0.244 e. The van der Waals surface area contributed by atoms with Gasteiger partial charge in [-0.05, 0) is 32.4 Å². The van der Waals surface area contributed by atoms with E-state index < -0.39 is 5.54 Å². The molecule has 1 aromatic heterocycles. The van der Waals surface area contributed by atoms with Crippen LogP contribution < -0.4 is 11.1 Å². The minimum absolute atomic E-state index is 0.180. The number of amides is 1. The highest BCUT2D eigenvalue weighted by atomic mass is 16.2. The standard InChI is InChI=1S/C11H17N3O/c1-4-11(3,12)10(15)14-9-6-5-7-13-8(9)2/h5-7H,4,12H2,1-3H3,(H,14,15). The number of carbonyl (C=O) groups is 1. The number of nitrogens with zero attached hydrogens (tertiary/aromatic N) is 1. The topological polar surface area (TPSA) is 68.0 Å². The Labute approximate surface area is 89.9 Å². The van der Waals surface area contributed by atoms with Crippen LogP contribution in [-0.2, 0) is 4.79 Å². The minimum atomic E-state index is -0.831. The van der Waals surface area contributed by atoms with Gasteiger partial charge in [-0.15, -0.1) is 0 Å². The van der Waals surface area contributed by atoms with Crippen molar-refractivity contribution in [2.75, 3.05) is 5.32 Å². The van der Waals surface area contributed by atoms with Gasteiger partial charge in [0.2, 0.25) is 5.91 Å². The number of nitrogens with one attached hydrogen (secondary N) is 1. The third-order valence-corrected chi connectivity index (χ3v) is 2.51. The molecule has 0 radical (unpaired) electrons. The van der Waals surface area contributed by atoms with Gasteiger partial charge < -0.3 is 11.1 Å². The van der Waals surface area contributed by atoms with Crippen LogP contribution >= 0.6 is 0 Å². The molecule has 0 saturated heterocycles. The van der Waals surface area contributed by atoms with E-state index in [2.05, 4.69) is 10.3 Å². The highest BCUT2D eigenvalue weighted by molar-refractivity contribution is 5.97. The Kier molecular flexibility index (Phi) is 3.42. The Balaban J connectivity index is 2.80. The van der Waals surface area contributed by atoms with Gasteiger partial charge in [0, 0.05) is 6.20 Å². The summed E-state index contributed by atoms with van der Waals surface area (Å²) in [5.41, 5.74) is 6.50. The van der Waals surface area contributed by atoms with Gasteiger partial charge in [-0.25, -0.2) is 0 Å². The molecular formula is C11H17N3O. The number of hydrogen-bond donors (Lipinski definition) is 2. The van der Waals surface area contributed by atoms with E-state index in [1.807, 2.05) is 19.9 Å². The monoisotopic (exact) mass is 207 g/mol. The van der Waals surface area contributed by atoms with Crippen LogP contribution in [0.1, 0.15) is 26.0 Å². The van der Waals surface area contributed by atoms with Gasteiger partial charge in [0.05, 0.1) is 16.9 Å². The number of aryl methyl sites for hydroxylation is 1. The van der Waals surface area contributed by atoms with Gasteiger partial charge in [0.1, 0.15) is 0 Å². The molecule has 0 aliphatic heterocycles. The van der Waals surface area contributed by atoms with E-state index in [-0.39, 0.29) is 5.91 Å². The first kappa shape index (κ1) is 11.7. The van der Waals surface area contributed by atoms with E-state index in [1.54, 1.807) is 19.2 Å². The quantitative estimate of drug-likeness (QED) is 0.788. The van der Waals surface area contributed by atoms with Gasteiger partial charge >= 0.3 is 0 Å². The Bertz CT molecular complexity index is 361. The molecule has 1 atom stereocenters. The smallest absolute Gasteiger partial charge is 0.244 e. The average Bonchev–Trinajstić information content (AvgIpc) is 2.21. The molecule has 82 valence electrons. The van der Waals surface area contributed by atoms with Crippen molar-refractivity contribution < 1.29 is 4.79 Å². The Morgan fingerprint density at radius 3 is 2.87 bits per heavy atom. The van der Waals surface area contributed by atoms with Crippen molar-refractivity contribution >= 4 is 11.6 Å². The van der Waals surface area contributed by atoms with Crippen LogP contribution in [0.4, 0.5) is 5.69 Å². The Hall–Kier alpha value is -1.42. The van der Waals surface area contributed by atoms with Gasteiger partial charge in [-0.1, -0.05) is 6.92 Å². The molecule has 0 spiro atoms. The summed E-state index contributed by atoms with van der Waals surface area (Å²) in [6, 6.07) is 3.59. The van der Waals surface area contributed by atoms with E-state index in [9.17, 15) is 4.79 Å². The van der Waals surface area contributed by atoms with Crippen LogP contribution in [-0.4, -0.2) is 16.4 Å². The second-order valence-electron chi connectivity index (χ2n) is 3.86. The normalized spacial score (nSPS) is 14.4. The molecule has 0 saturated carbocycles. The summed E-state index contributed by atoms with van der Waals surface area (Å²) in [5, 5.41) is 2.77. The van der Waals surface area contributed by atoms with Crippen molar-refractivity contribution in [3.63, 3.8) is 0 Å². The molecular weight excluding hydrogens is 190 g/mol. The number of hydrogen-bond acceptors (Lipinski definition) is 3. The third-order valence-electron chi connectivity index (χ3n) is 2.51. The molecule has 15 heavy (non-hydrogen) atoms. The lowest BCUT2D eigenvalue weighted by molar-refractivity contribution is -0.120. The fourth-order valence-corrected chi connectivity index (χ4v) is 1.04. The predicted molar refractivity (Wildman–Crippen MR) is 60.5 cm³/mol. The molecule has 4 heteroatoms. The maximum absolute atomic E-state index is 11.8. The van der Waals surface area contributed by atoms with Gasteiger partial charge in [-0.2, -0.15) is 0 Å². The molecule has 0 aromatic carbocycles. The van der Waals surface area contributed by atoms with Crippen LogP contribution in [0.5, 0.6) is 0 Å². The first-order valence-electron chi connectivity index (χ1n) is 4.99. The highest BCUT2D eigenvalue weighted by Crippen LogP contribution is 2.14. The van der Waals surface area contributed by atoms with Crippen molar-refractivity contribution in [2.24, 2.45) is 5.73 Å². The Morgan fingerprint density at radius 1 is 1.67 bits per heavy atom. The summed E-state index contributed by atoms with van der Waals surface area (Å²) >= 11 is 0. The molecule has 1 aromatic rings. The number of pyridine rings is 1. The lowest BCUT2D eigenvalue weighted by Gasteiger charge is -2.21. The van der Waals surface area contributed by atoms with E-state index in [4.69, 9.17) is 5.73 Å². The van der Waals surface area contributed by atoms with Gasteiger partial charge in [-0.3, -0.25) is 9.78 Å². The minimum Gasteiger partial charge on any atom is -0.323 e. The number of nitrogens with two attached hydrogens (primary N) is 1. The van der Waals surface area contributed by atoms with Crippen molar-refractivity contribution in [3.05, 3.63) is 24.0 Å². The van der Waals surface area contributed by atoms with Crippen LogP contribution in [0.15, 0.2) is 18.3 Å². The lowest BCUT2D eigenvalue weighted by atomic mass is 9.99. The number of rotatable bonds is 3. The highest BCUT2D eigenvalue weighted by Gasteiger charge is 2.26. The molecule has 1 heterocycles. The third kappa shape index (κ3) is 2.76. The van der Waals surface area contributed by atoms with Crippen molar-refractivity contribution in [1.82, 2.24) is 4.98 Å². The molecule has 4 nitrogen and oxygen atoms in total. The molecule has 0 bridgehead atoms. The largest absolute Gasteiger partial charge is 0.323 e. The maximum atomic E-state index is 11.8. The van der Waals surface area contributed by atoms with Crippen molar-refractivity contribution in [2.45, 2.75) is 32.7 Å². The molecule has 0 fully saturated rings. The van der Waals surface area contributed by atoms with E-state index in [0.717, 1.165) is 5.69 Å². The van der Waals surface area contributed by atoms with E-state index >= 15 is 0 Å². The first-order valence-corrected chi connectivity index (χ1v) is 4.99. The molecule has 0 aliphatic rings. The predicted octanol–water partition coefficient (Wildman–Crippen LogP) is 1.46. The summed E-state index contributed by atoms with van der Waals surface area (Å²) in [7, 11) is 0. The zero-order valence-corrected chi connectivity index (χ0v) is 9.37. The molecule has 3 N–H and O–H groups in total. The van der Waals surface area contributed by atoms with Gasteiger partial charge in [0.25, 0.3) is 0 Å². The average molecular weight is 207 g/mol. The van der Waals surface area contributed by atoms with Gasteiger partial charge in [0.15, 0.2) is 0 Å². The van der Waals surface area contributed by atoms with E-state index in [1.165, 1.54) is 0 Å². The first-order chi connectivity index (χ1) is 6.97. The SMILES string of the molecule is CCC(C)(N)C(=O)Nc1cccnc1C. The second-order valence-corrected chi connectivity index (χ2v) is 3.86. The molecule has 1 rings (SSSR count). The fourth-order valence-electron chi connectivity index (χ4n) is 1.04. The summed E-state index contributed by atoms with van der Waals surface area (Å²) in [4.78, 5) is 15.8. The number of carbonyl (C=O) groups excluding carboxylic acids is 1. The molecule has 1 amide bonds.